The van der Waals surface area contributed by atoms with E-state index in [4.69, 9.17) is 9.47 Å². The van der Waals surface area contributed by atoms with Crippen molar-refractivity contribution in [1.82, 2.24) is 15.0 Å². The number of rotatable bonds is 7. The summed E-state index contributed by atoms with van der Waals surface area (Å²) in [5.74, 6) is 2.43. The van der Waals surface area contributed by atoms with Crippen molar-refractivity contribution in [2.45, 2.75) is 6.42 Å². The first-order valence-corrected chi connectivity index (χ1v) is 7.54. The minimum atomic E-state index is 0.723. The minimum absolute atomic E-state index is 0.723. The third kappa shape index (κ3) is 3.43. The van der Waals surface area contributed by atoms with Crippen LogP contribution in [0.25, 0.3) is 22.4 Å². The van der Waals surface area contributed by atoms with Crippen molar-refractivity contribution in [3.05, 3.63) is 36.5 Å². The number of methoxy groups -OCH3 is 2. The maximum atomic E-state index is 5.19. The number of anilines is 1. The molecule has 0 spiro atoms. The third-order valence-electron chi connectivity index (χ3n) is 3.58. The summed E-state index contributed by atoms with van der Waals surface area (Å²) in [7, 11) is 3.36. The van der Waals surface area contributed by atoms with Gasteiger partial charge < -0.3 is 19.8 Å². The van der Waals surface area contributed by atoms with E-state index in [1.54, 1.807) is 20.4 Å². The number of nitrogens with one attached hydrogen (secondary N) is 2. The predicted octanol–water partition coefficient (Wildman–Crippen LogP) is 3.08. The quantitative estimate of drug-likeness (QED) is 0.656. The van der Waals surface area contributed by atoms with Crippen molar-refractivity contribution in [1.29, 1.82) is 0 Å². The van der Waals surface area contributed by atoms with Crippen molar-refractivity contribution < 1.29 is 9.47 Å². The molecule has 0 amide bonds. The molecule has 6 nitrogen and oxygen atoms in total. The van der Waals surface area contributed by atoms with E-state index in [0.29, 0.717) is 0 Å². The van der Waals surface area contributed by atoms with E-state index in [1.165, 1.54) is 0 Å². The molecule has 0 saturated carbocycles. The van der Waals surface area contributed by atoms with Gasteiger partial charge in [0.25, 0.3) is 0 Å². The van der Waals surface area contributed by atoms with Gasteiger partial charge in [-0.25, -0.2) is 9.97 Å². The highest BCUT2D eigenvalue weighted by Gasteiger charge is 2.09. The topological polar surface area (TPSA) is 72.1 Å². The molecular weight excluding hydrogens is 292 g/mol. The number of ether oxygens (including phenoxy) is 2. The van der Waals surface area contributed by atoms with Gasteiger partial charge in [0.15, 0.2) is 5.82 Å². The number of nitrogens with zero attached hydrogens (tertiary/aromatic N) is 2. The fourth-order valence-electron chi connectivity index (χ4n) is 2.37. The molecule has 0 aliphatic heterocycles. The van der Waals surface area contributed by atoms with Gasteiger partial charge in [0.1, 0.15) is 17.1 Å². The Morgan fingerprint density at radius 2 is 1.96 bits per heavy atom. The smallest absolute Gasteiger partial charge is 0.154 e. The molecule has 0 saturated heterocycles. The number of aromatic amines is 1. The number of aromatic nitrogens is 3. The monoisotopic (exact) mass is 312 g/mol. The second-order valence-electron chi connectivity index (χ2n) is 5.14. The lowest BCUT2D eigenvalue weighted by Gasteiger charge is -2.04. The molecule has 23 heavy (non-hydrogen) atoms. The summed E-state index contributed by atoms with van der Waals surface area (Å²) < 4.78 is 10.2. The van der Waals surface area contributed by atoms with Gasteiger partial charge in [0.2, 0.25) is 0 Å². The SMILES string of the molecule is COCCCNc1nccc2[nH]c(-c3ccc(OC)cc3)nc12. The van der Waals surface area contributed by atoms with E-state index >= 15 is 0 Å². The Labute approximate surface area is 134 Å². The average molecular weight is 312 g/mol. The molecule has 0 bridgehead atoms. The summed E-state index contributed by atoms with van der Waals surface area (Å²) in [6.45, 7) is 1.52. The highest BCUT2D eigenvalue weighted by molar-refractivity contribution is 5.88. The first kappa shape index (κ1) is 15.3. The number of fused-ring (bicyclic) bond motifs is 1. The van der Waals surface area contributed by atoms with Crippen molar-refractivity contribution in [2.75, 3.05) is 32.7 Å². The number of hydrogen-bond acceptors (Lipinski definition) is 5. The van der Waals surface area contributed by atoms with Gasteiger partial charge in [-0.2, -0.15) is 0 Å². The third-order valence-corrected chi connectivity index (χ3v) is 3.58. The molecule has 3 aromatic rings. The van der Waals surface area contributed by atoms with Gasteiger partial charge >= 0.3 is 0 Å². The molecule has 120 valence electrons. The lowest BCUT2D eigenvalue weighted by molar-refractivity contribution is 0.198. The maximum absolute atomic E-state index is 5.19. The lowest BCUT2D eigenvalue weighted by atomic mass is 10.2. The summed E-state index contributed by atoms with van der Waals surface area (Å²) in [5, 5.41) is 3.31. The van der Waals surface area contributed by atoms with E-state index in [9.17, 15) is 0 Å². The number of imidazole rings is 1. The molecule has 0 aliphatic carbocycles. The highest BCUT2D eigenvalue weighted by Crippen LogP contribution is 2.25. The Bertz CT molecular complexity index is 768. The van der Waals surface area contributed by atoms with Crippen molar-refractivity contribution in [3.8, 4) is 17.1 Å². The van der Waals surface area contributed by atoms with E-state index in [1.807, 2.05) is 30.3 Å². The number of benzene rings is 1. The molecule has 0 atom stereocenters. The number of pyridine rings is 1. The van der Waals surface area contributed by atoms with Crippen LogP contribution in [-0.2, 0) is 4.74 Å². The van der Waals surface area contributed by atoms with Crippen LogP contribution in [0, 0.1) is 0 Å². The van der Waals surface area contributed by atoms with Crippen LogP contribution >= 0.6 is 0 Å². The van der Waals surface area contributed by atoms with E-state index < -0.39 is 0 Å². The van der Waals surface area contributed by atoms with Crippen LogP contribution in [0.2, 0.25) is 0 Å². The van der Waals surface area contributed by atoms with Crippen molar-refractivity contribution >= 4 is 16.9 Å². The molecule has 1 aromatic carbocycles. The van der Waals surface area contributed by atoms with Crippen LogP contribution < -0.4 is 10.1 Å². The zero-order valence-corrected chi connectivity index (χ0v) is 13.3. The predicted molar refractivity (Wildman–Crippen MR) is 90.9 cm³/mol. The molecule has 2 N–H and O–H groups in total. The van der Waals surface area contributed by atoms with Crippen LogP contribution in [0.5, 0.6) is 5.75 Å². The molecule has 0 fully saturated rings. The summed E-state index contributed by atoms with van der Waals surface area (Å²) in [6, 6.07) is 9.73. The Morgan fingerprint density at radius 1 is 1.13 bits per heavy atom. The van der Waals surface area contributed by atoms with Gasteiger partial charge in [-0.1, -0.05) is 0 Å². The van der Waals surface area contributed by atoms with Gasteiger partial charge in [-0.15, -0.1) is 0 Å². The van der Waals surface area contributed by atoms with Crippen LogP contribution in [0.4, 0.5) is 5.82 Å². The van der Waals surface area contributed by atoms with E-state index in [0.717, 1.165) is 53.6 Å². The second-order valence-corrected chi connectivity index (χ2v) is 5.14. The summed E-state index contributed by atoms with van der Waals surface area (Å²) >= 11 is 0. The van der Waals surface area contributed by atoms with Crippen LogP contribution in [0.3, 0.4) is 0 Å². The van der Waals surface area contributed by atoms with E-state index in [-0.39, 0.29) is 0 Å². The first-order chi connectivity index (χ1) is 11.3. The van der Waals surface area contributed by atoms with Crippen molar-refractivity contribution in [2.24, 2.45) is 0 Å². The molecule has 2 aromatic heterocycles. The van der Waals surface area contributed by atoms with Gasteiger partial charge in [0.05, 0.1) is 12.6 Å². The van der Waals surface area contributed by atoms with Gasteiger partial charge in [-0.3, -0.25) is 0 Å². The lowest BCUT2D eigenvalue weighted by Crippen LogP contribution is -2.06. The fourth-order valence-corrected chi connectivity index (χ4v) is 2.37. The molecular formula is C17H20N4O2. The van der Waals surface area contributed by atoms with Crippen LogP contribution in [0.15, 0.2) is 36.5 Å². The Balaban J connectivity index is 1.85. The fraction of sp³-hybridized carbons (Fsp3) is 0.294. The largest absolute Gasteiger partial charge is 0.497 e. The molecule has 0 radical (unpaired) electrons. The molecule has 0 aliphatic rings. The molecule has 2 heterocycles. The average Bonchev–Trinajstić information content (AvgIpc) is 3.04. The Hall–Kier alpha value is -2.60. The highest BCUT2D eigenvalue weighted by atomic mass is 16.5. The van der Waals surface area contributed by atoms with Gasteiger partial charge in [0, 0.05) is 32.0 Å². The molecule has 0 unspecified atom stereocenters. The standard InChI is InChI=1S/C17H20N4O2/c1-22-11-3-9-18-17-15-14(8-10-19-17)20-16(21-15)12-4-6-13(23-2)7-5-12/h4-8,10H,3,9,11H2,1-2H3,(H,18,19)(H,20,21). The normalized spacial score (nSPS) is 10.9. The first-order valence-electron chi connectivity index (χ1n) is 7.54. The Morgan fingerprint density at radius 3 is 2.70 bits per heavy atom. The maximum Gasteiger partial charge on any atom is 0.154 e. The van der Waals surface area contributed by atoms with Crippen LogP contribution in [0.1, 0.15) is 6.42 Å². The summed E-state index contributed by atoms with van der Waals surface area (Å²) in [4.78, 5) is 12.4. The zero-order valence-electron chi connectivity index (χ0n) is 13.3. The number of hydrogen-bond donors (Lipinski definition) is 2. The number of H-pyrrole nitrogens is 1. The Kier molecular flexibility index (Phi) is 4.73. The molecule has 3 rings (SSSR count). The van der Waals surface area contributed by atoms with E-state index in [2.05, 4.69) is 20.3 Å². The second kappa shape index (κ2) is 7.11. The zero-order chi connectivity index (χ0) is 16.1. The molecule has 6 heteroatoms. The summed E-state index contributed by atoms with van der Waals surface area (Å²) in [6.07, 6.45) is 2.70. The van der Waals surface area contributed by atoms with Crippen molar-refractivity contribution in [3.63, 3.8) is 0 Å². The van der Waals surface area contributed by atoms with Crippen LogP contribution in [-0.4, -0.2) is 42.3 Å². The summed E-state index contributed by atoms with van der Waals surface area (Å²) in [5.41, 5.74) is 2.81. The minimum Gasteiger partial charge on any atom is -0.497 e. The van der Waals surface area contributed by atoms with Gasteiger partial charge in [-0.05, 0) is 36.8 Å².